The van der Waals surface area contributed by atoms with E-state index in [9.17, 15) is 10.1 Å². The molecule has 1 atom stereocenters. The molecule has 1 unspecified atom stereocenters. The van der Waals surface area contributed by atoms with Gasteiger partial charge in [0.05, 0.1) is 16.7 Å². The maximum absolute atomic E-state index is 12.1. The van der Waals surface area contributed by atoms with Gasteiger partial charge in [-0.1, -0.05) is 12.1 Å². The van der Waals surface area contributed by atoms with E-state index in [2.05, 4.69) is 11.4 Å². The van der Waals surface area contributed by atoms with Crippen LogP contribution in [0.2, 0.25) is 0 Å². The maximum Gasteiger partial charge on any atom is 0.143 e. The van der Waals surface area contributed by atoms with Crippen LogP contribution in [-0.2, 0) is 10.2 Å². The van der Waals surface area contributed by atoms with Gasteiger partial charge < -0.3 is 5.32 Å². The molecule has 1 aromatic rings. The maximum atomic E-state index is 12.1. The second-order valence-electron chi connectivity index (χ2n) is 5.15. The fourth-order valence-electron chi connectivity index (χ4n) is 2.91. The van der Waals surface area contributed by atoms with E-state index in [1.54, 1.807) is 0 Å². The highest BCUT2D eigenvalue weighted by atomic mass is 16.1. The van der Waals surface area contributed by atoms with Gasteiger partial charge in [-0.05, 0) is 37.8 Å². The number of carbonyl (C=O) groups excluding carboxylic acids is 1. The monoisotopic (exact) mass is 242 g/mol. The molecule has 1 saturated carbocycles. The first-order valence-corrected chi connectivity index (χ1v) is 6.30. The molecule has 0 aliphatic heterocycles. The van der Waals surface area contributed by atoms with Crippen LogP contribution < -0.4 is 5.32 Å². The Kier molecular flexibility index (Phi) is 3.13. The third-order valence-corrected chi connectivity index (χ3v) is 4.07. The SMILES string of the molecule is CNc1c(C)ccc(C2(C)CCCC2=O)c1C#N. The smallest absolute Gasteiger partial charge is 0.143 e. The Labute approximate surface area is 108 Å². The van der Waals surface area contributed by atoms with Crippen LogP contribution in [0.1, 0.15) is 42.9 Å². The molecule has 0 heterocycles. The van der Waals surface area contributed by atoms with Crippen LogP contribution >= 0.6 is 0 Å². The average Bonchev–Trinajstić information content (AvgIpc) is 2.69. The molecule has 0 amide bonds. The highest BCUT2D eigenvalue weighted by molar-refractivity contribution is 5.93. The Morgan fingerprint density at radius 1 is 1.44 bits per heavy atom. The summed E-state index contributed by atoms with van der Waals surface area (Å²) in [4.78, 5) is 12.1. The summed E-state index contributed by atoms with van der Waals surface area (Å²) in [5.41, 5.74) is 2.89. The van der Waals surface area contributed by atoms with Gasteiger partial charge in [0.2, 0.25) is 0 Å². The Hall–Kier alpha value is -1.82. The molecular formula is C15H18N2O. The molecule has 0 saturated heterocycles. The van der Waals surface area contributed by atoms with Gasteiger partial charge in [0.1, 0.15) is 11.9 Å². The summed E-state index contributed by atoms with van der Waals surface area (Å²) in [7, 11) is 1.81. The van der Waals surface area contributed by atoms with Crippen molar-refractivity contribution < 1.29 is 4.79 Å². The summed E-state index contributed by atoms with van der Waals surface area (Å²) < 4.78 is 0. The molecule has 18 heavy (non-hydrogen) atoms. The minimum absolute atomic E-state index is 0.255. The van der Waals surface area contributed by atoms with E-state index in [1.807, 2.05) is 33.0 Å². The number of rotatable bonds is 2. The van der Waals surface area contributed by atoms with Crippen molar-refractivity contribution in [1.29, 1.82) is 5.26 Å². The molecule has 0 bridgehead atoms. The number of anilines is 1. The van der Waals surface area contributed by atoms with Crippen molar-refractivity contribution in [1.82, 2.24) is 0 Å². The Morgan fingerprint density at radius 2 is 2.17 bits per heavy atom. The second-order valence-corrected chi connectivity index (χ2v) is 5.15. The van der Waals surface area contributed by atoms with E-state index in [0.29, 0.717) is 12.0 Å². The lowest BCUT2D eigenvalue weighted by Gasteiger charge is -2.25. The van der Waals surface area contributed by atoms with Crippen molar-refractivity contribution in [3.05, 3.63) is 28.8 Å². The van der Waals surface area contributed by atoms with Gasteiger partial charge in [0, 0.05) is 13.5 Å². The predicted molar refractivity (Wildman–Crippen MR) is 71.7 cm³/mol. The molecule has 0 radical (unpaired) electrons. The first-order valence-electron chi connectivity index (χ1n) is 6.30. The number of hydrogen-bond donors (Lipinski definition) is 1. The largest absolute Gasteiger partial charge is 0.387 e. The van der Waals surface area contributed by atoms with Gasteiger partial charge in [-0.25, -0.2) is 0 Å². The number of carbonyl (C=O) groups is 1. The lowest BCUT2D eigenvalue weighted by molar-refractivity contribution is -0.121. The fraction of sp³-hybridized carbons (Fsp3) is 0.467. The summed E-state index contributed by atoms with van der Waals surface area (Å²) in [5.74, 6) is 0.255. The second kappa shape index (κ2) is 4.45. The third-order valence-electron chi connectivity index (χ3n) is 4.07. The molecule has 1 fully saturated rings. The topological polar surface area (TPSA) is 52.9 Å². The van der Waals surface area contributed by atoms with E-state index in [0.717, 1.165) is 29.7 Å². The molecule has 94 valence electrons. The number of benzene rings is 1. The molecule has 3 heteroatoms. The van der Waals surface area contributed by atoms with Crippen LogP contribution in [0.25, 0.3) is 0 Å². The average molecular weight is 242 g/mol. The Bertz CT molecular complexity index is 542. The molecule has 1 aliphatic rings. The van der Waals surface area contributed by atoms with Crippen molar-refractivity contribution in [3.8, 4) is 6.07 Å². The van der Waals surface area contributed by atoms with Gasteiger partial charge in [-0.2, -0.15) is 5.26 Å². The summed E-state index contributed by atoms with van der Waals surface area (Å²) in [6.07, 6.45) is 2.39. The zero-order valence-corrected chi connectivity index (χ0v) is 11.1. The highest BCUT2D eigenvalue weighted by Gasteiger charge is 2.40. The van der Waals surface area contributed by atoms with Crippen LogP contribution in [0.5, 0.6) is 0 Å². The minimum atomic E-state index is -0.482. The summed E-state index contributed by atoms with van der Waals surface area (Å²) >= 11 is 0. The van der Waals surface area contributed by atoms with Crippen LogP contribution in [0.3, 0.4) is 0 Å². The lowest BCUT2D eigenvalue weighted by atomic mass is 9.77. The number of nitriles is 1. The van der Waals surface area contributed by atoms with Gasteiger partial charge in [-0.15, -0.1) is 0 Å². The zero-order valence-electron chi connectivity index (χ0n) is 11.1. The number of Topliss-reactive ketones (excluding diaryl/α,β-unsaturated/α-hetero) is 1. The molecular weight excluding hydrogens is 224 g/mol. The van der Waals surface area contributed by atoms with Gasteiger partial charge >= 0.3 is 0 Å². The third kappa shape index (κ3) is 1.69. The number of nitrogens with zero attached hydrogens (tertiary/aromatic N) is 1. The first-order chi connectivity index (χ1) is 8.54. The Balaban J connectivity index is 2.66. The van der Waals surface area contributed by atoms with Crippen molar-refractivity contribution in [2.24, 2.45) is 0 Å². The summed E-state index contributed by atoms with van der Waals surface area (Å²) in [6.45, 7) is 3.93. The van der Waals surface area contributed by atoms with E-state index >= 15 is 0 Å². The van der Waals surface area contributed by atoms with Crippen molar-refractivity contribution in [2.75, 3.05) is 12.4 Å². The molecule has 2 rings (SSSR count). The fourth-order valence-corrected chi connectivity index (χ4v) is 2.91. The van der Waals surface area contributed by atoms with Crippen molar-refractivity contribution in [2.45, 2.75) is 38.5 Å². The number of ketones is 1. The minimum Gasteiger partial charge on any atom is -0.387 e. The van der Waals surface area contributed by atoms with Gasteiger partial charge in [0.25, 0.3) is 0 Å². The normalized spacial score (nSPS) is 22.9. The standard InChI is InChI=1S/C15H18N2O/c1-10-6-7-12(11(9-16)14(10)17-3)15(2)8-4-5-13(15)18/h6-7,17H,4-5,8H2,1-3H3. The van der Waals surface area contributed by atoms with Crippen LogP contribution in [-0.4, -0.2) is 12.8 Å². The molecule has 1 N–H and O–H groups in total. The number of hydrogen-bond acceptors (Lipinski definition) is 3. The molecule has 1 aromatic carbocycles. The van der Waals surface area contributed by atoms with Crippen molar-refractivity contribution >= 4 is 11.5 Å². The molecule has 0 spiro atoms. The number of aryl methyl sites for hydroxylation is 1. The molecule has 3 nitrogen and oxygen atoms in total. The van der Waals surface area contributed by atoms with Crippen LogP contribution in [0.4, 0.5) is 5.69 Å². The van der Waals surface area contributed by atoms with Gasteiger partial charge in [0.15, 0.2) is 0 Å². The van der Waals surface area contributed by atoms with E-state index in [-0.39, 0.29) is 5.78 Å². The molecule has 1 aliphatic carbocycles. The predicted octanol–water partition coefficient (Wildman–Crippen LogP) is 2.92. The lowest BCUT2D eigenvalue weighted by Crippen LogP contribution is -2.28. The Morgan fingerprint density at radius 3 is 2.67 bits per heavy atom. The first kappa shape index (κ1) is 12.6. The summed E-state index contributed by atoms with van der Waals surface area (Å²) in [5, 5.41) is 12.5. The van der Waals surface area contributed by atoms with E-state index in [4.69, 9.17) is 0 Å². The van der Waals surface area contributed by atoms with Gasteiger partial charge in [-0.3, -0.25) is 4.79 Å². The molecule has 0 aromatic heterocycles. The van der Waals surface area contributed by atoms with Crippen LogP contribution in [0, 0.1) is 18.3 Å². The highest BCUT2D eigenvalue weighted by Crippen LogP contribution is 2.41. The number of nitrogens with one attached hydrogen (secondary N) is 1. The van der Waals surface area contributed by atoms with Crippen molar-refractivity contribution in [3.63, 3.8) is 0 Å². The summed E-state index contributed by atoms with van der Waals surface area (Å²) in [6, 6.07) is 6.19. The zero-order chi connectivity index (χ0) is 13.3. The van der Waals surface area contributed by atoms with E-state index < -0.39 is 5.41 Å². The van der Waals surface area contributed by atoms with E-state index in [1.165, 1.54) is 0 Å². The quantitative estimate of drug-likeness (QED) is 0.867. The van der Waals surface area contributed by atoms with Crippen LogP contribution in [0.15, 0.2) is 12.1 Å².